The highest BCUT2D eigenvalue weighted by molar-refractivity contribution is 5.99. The highest BCUT2D eigenvalue weighted by Gasteiger charge is 2.28. The number of halogens is 1. The Kier molecular flexibility index (Phi) is 6.23. The van der Waals surface area contributed by atoms with Crippen molar-refractivity contribution in [2.75, 3.05) is 38.1 Å². The number of anilines is 1. The van der Waals surface area contributed by atoms with E-state index in [0.717, 1.165) is 30.6 Å². The molecule has 1 unspecified atom stereocenters. The Morgan fingerprint density at radius 1 is 1.23 bits per heavy atom. The number of nitrogens with zero attached hydrogens (tertiary/aromatic N) is 3. The average molecular weight is 425 g/mol. The summed E-state index contributed by atoms with van der Waals surface area (Å²) < 4.78 is 14.1. The van der Waals surface area contributed by atoms with Gasteiger partial charge in [0.05, 0.1) is 0 Å². The minimum atomic E-state index is -0.188. The number of carbonyl (C=O) groups is 2. The van der Waals surface area contributed by atoms with Gasteiger partial charge < -0.3 is 10.2 Å². The van der Waals surface area contributed by atoms with Crippen LogP contribution in [0.15, 0.2) is 42.5 Å². The summed E-state index contributed by atoms with van der Waals surface area (Å²) >= 11 is 0. The van der Waals surface area contributed by atoms with Crippen molar-refractivity contribution < 1.29 is 14.0 Å². The number of likely N-dealkylation sites (tertiary alicyclic amines) is 1. The van der Waals surface area contributed by atoms with Gasteiger partial charge in [0, 0.05) is 56.1 Å². The molecule has 2 aromatic rings. The molecule has 1 N–H and O–H groups in total. The number of amides is 3. The molecule has 0 aromatic heterocycles. The van der Waals surface area contributed by atoms with Crippen molar-refractivity contribution in [2.45, 2.75) is 32.4 Å². The maximum Gasteiger partial charge on any atom is 0.322 e. The van der Waals surface area contributed by atoms with Gasteiger partial charge in [-0.2, -0.15) is 0 Å². The second-order valence-corrected chi connectivity index (χ2v) is 8.42. The number of carbonyl (C=O) groups excluding carboxylic acids is 2. The van der Waals surface area contributed by atoms with Gasteiger partial charge in [-0.15, -0.1) is 0 Å². The maximum atomic E-state index is 14.1. The van der Waals surface area contributed by atoms with Crippen LogP contribution < -0.4 is 10.2 Å². The SMILES string of the molecule is Cc1ccc(C(=O)N(C)C2CCCN(Cc3ccccc3F)C2)cc1N1CCNC1=O. The highest BCUT2D eigenvalue weighted by Crippen LogP contribution is 2.25. The molecule has 6 nitrogen and oxygen atoms in total. The first-order valence-corrected chi connectivity index (χ1v) is 10.8. The van der Waals surface area contributed by atoms with E-state index >= 15 is 0 Å². The Morgan fingerprint density at radius 2 is 2.03 bits per heavy atom. The van der Waals surface area contributed by atoms with E-state index in [0.29, 0.717) is 37.3 Å². The lowest BCUT2D eigenvalue weighted by Crippen LogP contribution is -2.48. The molecular weight excluding hydrogens is 395 g/mol. The summed E-state index contributed by atoms with van der Waals surface area (Å²) in [6.07, 6.45) is 1.88. The first kappa shape index (κ1) is 21.3. The molecule has 0 bridgehead atoms. The lowest BCUT2D eigenvalue weighted by Gasteiger charge is -2.38. The molecule has 0 saturated carbocycles. The summed E-state index contributed by atoms with van der Waals surface area (Å²) in [5, 5.41) is 2.81. The third-order valence-corrected chi connectivity index (χ3v) is 6.30. The zero-order valence-electron chi connectivity index (χ0n) is 18.1. The molecule has 0 spiro atoms. The fourth-order valence-electron chi connectivity index (χ4n) is 4.46. The number of piperidine rings is 1. The van der Waals surface area contributed by atoms with E-state index in [9.17, 15) is 14.0 Å². The van der Waals surface area contributed by atoms with Crippen molar-refractivity contribution >= 4 is 17.6 Å². The molecule has 31 heavy (non-hydrogen) atoms. The molecule has 164 valence electrons. The Hall–Kier alpha value is -2.93. The quantitative estimate of drug-likeness (QED) is 0.801. The van der Waals surface area contributed by atoms with Gasteiger partial charge in [-0.1, -0.05) is 24.3 Å². The molecule has 3 amide bonds. The maximum absolute atomic E-state index is 14.1. The van der Waals surface area contributed by atoms with Crippen molar-refractivity contribution in [1.82, 2.24) is 15.1 Å². The van der Waals surface area contributed by atoms with Crippen molar-refractivity contribution in [3.8, 4) is 0 Å². The molecule has 0 aliphatic carbocycles. The van der Waals surface area contributed by atoms with Crippen LogP contribution in [0.2, 0.25) is 0 Å². The second-order valence-electron chi connectivity index (χ2n) is 8.42. The summed E-state index contributed by atoms with van der Waals surface area (Å²) in [5.41, 5.74) is 3.00. The number of nitrogens with one attached hydrogen (secondary N) is 1. The third-order valence-electron chi connectivity index (χ3n) is 6.30. The van der Waals surface area contributed by atoms with Crippen molar-refractivity contribution in [1.29, 1.82) is 0 Å². The summed E-state index contributed by atoms with van der Waals surface area (Å²) in [6, 6.07) is 12.3. The van der Waals surface area contributed by atoms with Crippen LogP contribution in [0.4, 0.5) is 14.9 Å². The van der Waals surface area contributed by atoms with Crippen LogP contribution in [-0.4, -0.2) is 61.0 Å². The fraction of sp³-hybridized carbons (Fsp3) is 0.417. The minimum absolute atomic E-state index is 0.0569. The van der Waals surface area contributed by atoms with Gasteiger partial charge in [-0.05, 0) is 50.1 Å². The van der Waals surface area contributed by atoms with Gasteiger partial charge in [0.1, 0.15) is 5.82 Å². The standard InChI is InChI=1S/C24H29FN4O2/c1-17-9-10-18(14-22(17)29-13-11-26-24(29)31)23(30)27(2)20-7-5-12-28(16-20)15-19-6-3-4-8-21(19)25/h3-4,6,8-10,14,20H,5,7,11-13,15-16H2,1-2H3,(H,26,31). The predicted molar refractivity (Wildman–Crippen MR) is 119 cm³/mol. The fourth-order valence-corrected chi connectivity index (χ4v) is 4.46. The molecule has 2 aliphatic rings. The van der Waals surface area contributed by atoms with Crippen LogP contribution in [-0.2, 0) is 6.54 Å². The van der Waals surface area contributed by atoms with Gasteiger partial charge in [0.15, 0.2) is 0 Å². The van der Waals surface area contributed by atoms with Crippen molar-refractivity contribution in [3.63, 3.8) is 0 Å². The number of benzene rings is 2. The number of hydrogen-bond donors (Lipinski definition) is 1. The molecule has 2 aromatic carbocycles. The van der Waals surface area contributed by atoms with E-state index in [1.807, 2.05) is 44.3 Å². The smallest absolute Gasteiger partial charge is 0.322 e. The molecule has 2 saturated heterocycles. The lowest BCUT2D eigenvalue weighted by atomic mass is 10.0. The highest BCUT2D eigenvalue weighted by atomic mass is 19.1. The van der Waals surface area contributed by atoms with Crippen LogP contribution in [0.1, 0.15) is 34.3 Å². The van der Waals surface area contributed by atoms with Crippen molar-refractivity contribution in [3.05, 3.63) is 65.0 Å². The molecular formula is C24H29FN4O2. The van der Waals surface area contributed by atoms with E-state index in [1.54, 1.807) is 15.9 Å². The zero-order chi connectivity index (χ0) is 22.0. The minimum Gasteiger partial charge on any atom is -0.337 e. The summed E-state index contributed by atoms with van der Waals surface area (Å²) in [5.74, 6) is -0.245. The second kappa shape index (κ2) is 9.06. The van der Waals surface area contributed by atoms with E-state index < -0.39 is 0 Å². The number of hydrogen-bond acceptors (Lipinski definition) is 3. The number of likely N-dealkylation sites (N-methyl/N-ethyl adjacent to an activating group) is 1. The zero-order valence-corrected chi connectivity index (χ0v) is 18.1. The predicted octanol–water partition coefficient (Wildman–Crippen LogP) is 3.40. The lowest BCUT2D eigenvalue weighted by molar-refractivity contribution is 0.0608. The van der Waals surface area contributed by atoms with Gasteiger partial charge in [0.25, 0.3) is 5.91 Å². The summed E-state index contributed by atoms with van der Waals surface area (Å²) in [4.78, 5) is 31.0. The number of aryl methyl sites for hydroxylation is 1. The number of rotatable bonds is 5. The summed E-state index contributed by atoms with van der Waals surface area (Å²) in [7, 11) is 1.84. The van der Waals surface area contributed by atoms with Gasteiger partial charge in [-0.25, -0.2) is 9.18 Å². The average Bonchev–Trinajstić information content (AvgIpc) is 3.20. The van der Waals surface area contributed by atoms with Gasteiger partial charge in [0.2, 0.25) is 0 Å². The van der Waals surface area contributed by atoms with Gasteiger partial charge >= 0.3 is 6.03 Å². The molecule has 1 atom stereocenters. The third kappa shape index (κ3) is 4.56. The summed E-state index contributed by atoms with van der Waals surface area (Å²) in [6.45, 7) is 5.30. The van der Waals surface area contributed by atoms with E-state index in [-0.39, 0.29) is 23.8 Å². The Bertz CT molecular complexity index is 980. The Balaban J connectivity index is 1.46. The van der Waals surface area contributed by atoms with E-state index in [1.165, 1.54) is 6.07 Å². The first-order valence-electron chi connectivity index (χ1n) is 10.8. The molecule has 2 aliphatic heterocycles. The Morgan fingerprint density at radius 3 is 2.77 bits per heavy atom. The molecule has 2 fully saturated rings. The largest absolute Gasteiger partial charge is 0.337 e. The molecule has 7 heteroatoms. The van der Waals surface area contributed by atoms with E-state index in [4.69, 9.17) is 0 Å². The Labute approximate surface area is 182 Å². The molecule has 0 radical (unpaired) electrons. The van der Waals surface area contributed by atoms with Crippen molar-refractivity contribution in [2.24, 2.45) is 0 Å². The first-order chi connectivity index (χ1) is 14.9. The topological polar surface area (TPSA) is 55.9 Å². The van der Waals surface area contributed by atoms with Crippen LogP contribution >= 0.6 is 0 Å². The normalized spacial score (nSPS) is 19.4. The van der Waals surface area contributed by atoms with Crippen LogP contribution in [0.25, 0.3) is 0 Å². The van der Waals surface area contributed by atoms with Crippen LogP contribution in [0.3, 0.4) is 0 Å². The van der Waals surface area contributed by atoms with Gasteiger partial charge in [-0.3, -0.25) is 14.6 Å². The molecule has 2 heterocycles. The number of urea groups is 1. The van der Waals surface area contributed by atoms with E-state index in [2.05, 4.69) is 10.2 Å². The van der Waals surface area contributed by atoms with Crippen LogP contribution in [0, 0.1) is 12.7 Å². The molecule has 4 rings (SSSR count). The van der Waals surface area contributed by atoms with Crippen LogP contribution in [0.5, 0.6) is 0 Å². The monoisotopic (exact) mass is 424 g/mol.